The van der Waals surface area contributed by atoms with Crippen LogP contribution in [0.3, 0.4) is 0 Å². The number of rotatable bonds is 1. The van der Waals surface area contributed by atoms with Crippen LogP contribution in [0.5, 0.6) is 0 Å². The Kier molecular flexibility index (Phi) is 2.21. The molecule has 0 aromatic carbocycles. The van der Waals surface area contributed by atoms with Crippen LogP contribution in [0.4, 0.5) is 0 Å². The van der Waals surface area contributed by atoms with E-state index in [2.05, 4.69) is 5.16 Å². The Morgan fingerprint density at radius 3 is 2.91 bits per heavy atom. The molecule has 11 heavy (non-hydrogen) atoms. The van der Waals surface area contributed by atoms with E-state index in [1.807, 2.05) is 36.1 Å². The molecule has 3 nitrogen and oxygen atoms in total. The summed E-state index contributed by atoms with van der Waals surface area (Å²) in [6, 6.07) is 3.80. The van der Waals surface area contributed by atoms with Gasteiger partial charge in [-0.1, -0.05) is 5.16 Å². The highest BCUT2D eigenvalue weighted by Gasteiger charge is 2.00. The van der Waals surface area contributed by atoms with Gasteiger partial charge in [-0.2, -0.15) is 0 Å². The Morgan fingerprint density at radius 2 is 2.36 bits per heavy atom. The van der Waals surface area contributed by atoms with Gasteiger partial charge in [-0.05, 0) is 13.0 Å². The highest BCUT2D eigenvalue weighted by molar-refractivity contribution is 5.97. The van der Waals surface area contributed by atoms with Crippen molar-refractivity contribution in [1.82, 2.24) is 0 Å². The lowest BCUT2D eigenvalue weighted by Crippen LogP contribution is -2.27. The third-order valence-corrected chi connectivity index (χ3v) is 1.51. The fourth-order valence-electron chi connectivity index (χ4n) is 0.860. The number of hydrogen-bond donors (Lipinski definition) is 1. The van der Waals surface area contributed by atoms with Crippen LogP contribution >= 0.6 is 0 Å². The topological polar surface area (TPSA) is 36.5 Å². The number of hydrogen-bond acceptors (Lipinski definition) is 2. The Morgan fingerprint density at radius 1 is 1.64 bits per heavy atom. The number of oxime groups is 1. The van der Waals surface area contributed by atoms with Gasteiger partial charge in [0.25, 0.3) is 0 Å². The van der Waals surface area contributed by atoms with Gasteiger partial charge in [0.2, 0.25) is 0 Å². The molecule has 1 aromatic rings. The summed E-state index contributed by atoms with van der Waals surface area (Å²) < 4.78 is 1.91. The van der Waals surface area contributed by atoms with E-state index in [1.165, 1.54) is 0 Å². The van der Waals surface area contributed by atoms with E-state index >= 15 is 0 Å². The van der Waals surface area contributed by atoms with Gasteiger partial charge in [0, 0.05) is 6.07 Å². The maximum Gasteiger partial charge on any atom is 0.177 e. The average molecular weight is 151 g/mol. The second-order valence-electron chi connectivity index (χ2n) is 2.44. The Hall–Kier alpha value is -1.38. The number of nitrogens with zero attached hydrogens (tertiary/aromatic N) is 2. The summed E-state index contributed by atoms with van der Waals surface area (Å²) in [6.07, 6.45) is 3.82. The molecule has 0 unspecified atom stereocenters. The predicted octanol–water partition coefficient (Wildman–Crippen LogP) is 0.709. The monoisotopic (exact) mass is 151 g/mol. The molecule has 0 spiro atoms. The zero-order chi connectivity index (χ0) is 8.27. The molecule has 0 aliphatic heterocycles. The quantitative estimate of drug-likeness (QED) is 0.273. The number of pyridine rings is 1. The third-order valence-electron chi connectivity index (χ3n) is 1.51. The standard InChI is InChI=1S/C8H10N2O/c1-7(9-11)8-4-3-5-10(2)6-8/h3-6H,1-2H3/p+1. The lowest BCUT2D eigenvalue weighted by Gasteiger charge is -1.93. The summed E-state index contributed by atoms with van der Waals surface area (Å²) in [6.45, 7) is 1.76. The summed E-state index contributed by atoms with van der Waals surface area (Å²) in [7, 11) is 1.92. The zero-order valence-electron chi connectivity index (χ0n) is 6.65. The number of aromatic nitrogens is 1. The minimum absolute atomic E-state index is 0.626. The van der Waals surface area contributed by atoms with Crippen molar-refractivity contribution >= 4 is 5.71 Å². The van der Waals surface area contributed by atoms with Gasteiger partial charge >= 0.3 is 0 Å². The maximum absolute atomic E-state index is 8.46. The molecule has 1 aromatic heterocycles. The van der Waals surface area contributed by atoms with Gasteiger partial charge in [0.15, 0.2) is 12.4 Å². The average Bonchev–Trinajstić information content (AvgIpc) is 2.03. The molecule has 0 saturated carbocycles. The number of aryl methyl sites for hydroxylation is 1. The molecule has 0 fully saturated rings. The largest absolute Gasteiger partial charge is 0.411 e. The molecular formula is C8H11N2O+. The molecule has 1 N–H and O–H groups in total. The van der Waals surface area contributed by atoms with Crippen molar-refractivity contribution in [2.45, 2.75) is 6.92 Å². The summed E-state index contributed by atoms with van der Waals surface area (Å²) in [5.74, 6) is 0. The summed E-state index contributed by atoms with van der Waals surface area (Å²) in [5, 5.41) is 11.6. The van der Waals surface area contributed by atoms with Crippen molar-refractivity contribution in [1.29, 1.82) is 0 Å². The molecule has 1 heterocycles. The van der Waals surface area contributed by atoms with Crippen molar-refractivity contribution in [3.63, 3.8) is 0 Å². The van der Waals surface area contributed by atoms with E-state index < -0.39 is 0 Å². The lowest BCUT2D eigenvalue weighted by atomic mass is 10.2. The van der Waals surface area contributed by atoms with Gasteiger partial charge in [0.05, 0.1) is 11.3 Å². The highest BCUT2D eigenvalue weighted by atomic mass is 16.4. The molecule has 0 amide bonds. The maximum atomic E-state index is 8.46. The summed E-state index contributed by atoms with van der Waals surface area (Å²) in [4.78, 5) is 0. The molecular weight excluding hydrogens is 140 g/mol. The first-order valence-corrected chi connectivity index (χ1v) is 3.38. The molecule has 3 heteroatoms. The van der Waals surface area contributed by atoms with Crippen LogP contribution in [0.25, 0.3) is 0 Å². The van der Waals surface area contributed by atoms with Crippen molar-refractivity contribution in [2.75, 3.05) is 0 Å². The fourth-order valence-corrected chi connectivity index (χ4v) is 0.860. The SMILES string of the molecule is CC(=NO)c1ccc[n+](C)c1. The van der Waals surface area contributed by atoms with Gasteiger partial charge in [-0.15, -0.1) is 0 Å². The first-order chi connectivity index (χ1) is 5.24. The van der Waals surface area contributed by atoms with Crippen molar-refractivity contribution in [2.24, 2.45) is 12.2 Å². The second kappa shape index (κ2) is 3.14. The smallest absolute Gasteiger partial charge is 0.177 e. The van der Waals surface area contributed by atoms with E-state index in [1.54, 1.807) is 6.92 Å². The fraction of sp³-hybridized carbons (Fsp3) is 0.250. The lowest BCUT2D eigenvalue weighted by molar-refractivity contribution is -0.671. The van der Waals surface area contributed by atoms with Crippen LogP contribution in [0.1, 0.15) is 12.5 Å². The van der Waals surface area contributed by atoms with Crippen LogP contribution in [0.2, 0.25) is 0 Å². The highest BCUT2D eigenvalue weighted by Crippen LogP contribution is 1.95. The molecule has 0 bridgehead atoms. The van der Waals surface area contributed by atoms with E-state index in [0.29, 0.717) is 5.71 Å². The molecule has 58 valence electrons. The Bertz CT molecular complexity index is 281. The predicted molar refractivity (Wildman–Crippen MR) is 41.6 cm³/mol. The zero-order valence-corrected chi connectivity index (χ0v) is 6.65. The van der Waals surface area contributed by atoms with Crippen LogP contribution < -0.4 is 4.57 Å². The van der Waals surface area contributed by atoms with Crippen molar-refractivity contribution in [3.8, 4) is 0 Å². The minimum atomic E-state index is 0.626. The molecule has 0 aliphatic rings. The van der Waals surface area contributed by atoms with Gasteiger partial charge < -0.3 is 5.21 Å². The van der Waals surface area contributed by atoms with Crippen LogP contribution in [0, 0.1) is 0 Å². The van der Waals surface area contributed by atoms with Gasteiger partial charge in [0.1, 0.15) is 7.05 Å². The molecule has 0 aliphatic carbocycles. The van der Waals surface area contributed by atoms with Crippen molar-refractivity contribution in [3.05, 3.63) is 30.1 Å². The summed E-state index contributed by atoms with van der Waals surface area (Å²) >= 11 is 0. The van der Waals surface area contributed by atoms with Crippen LogP contribution in [0.15, 0.2) is 29.7 Å². The Labute approximate surface area is 65.6 Å². The van der Waals surface area contributed by atoms with E-state index in [9.17, 15) is 0 Å². The first kappa shape index (κ1) is 7.72. The van der Waals surface area contributed by atoms with Crippen molar-refractivity contribution < 1.29 is 9.77 Å². The van der Waals surface area contributed by atoms with Crippen LogP contribution in [-0.2, 0) is 7.05 Å². The third kappa shape index (κ3) is 1.77. The second-order valence-corrected chi connectivity index (χ2v) is 2.44. The van der Waals surface area contributed by atoms with Gasteiger partial charge in [-0.25, -0.2) is 4.57 Å². The molecule has 0 saturated heterocycles. The van der Waals surface area contributed by atoms with E-state index in [-0.39, 0.29) is 0 Å². The normalized spacial score (nSPS) is 11.6. The summed E-state index contributed by atoms with van der Waals surface area (Å²) in [5.41, 5.74) is 1.55. The van der Waals surface area contributed by atoms with Crippen LogP contribution in [-0.4, -0.2) is 10.9 Å². The first-order valence-electron chi connectivity index (χ1n) is 3.38. The minimum Gasteiger partial charge on any atom is -0.411 e. The Balaban J connectivity index is 3.06. The molecule has 1 rings (SSSR count). The molecule has 0 radical (unpaired) electrons. The van der Waals surface area contributed by atoms with E-state index in [4.69, 9.17) is 5.21 Å². The van der Waals surface area contributed by atoms with Gasteiger partial charge in [-0.3, -0.25) is 0 Å². The van der Waals surface area contributed by atoms with E-state index in [0.717, 1.165) is 5.56 Å². The molecule has 0 atom stereocenters.